The minimum absolute atomic E-state index is 0.111. The number of aryl methyl sites for hydroxylation is 2. The summed E-state index contributed by atoms with van der Waals surface area (Å²) in [6.45, 7) is 7.55. The molecule has 0 saturated carbocycles. The summed E-state index contributed by atoms with van der Waals surface area (Å²) in [5, 5.41) is 11.9. The number of benzene rings is 3. The van der Waals surface area contributed by atoms with Gasteiger partial charge in [0.15, 0.2) is 0 Å². The molecule has 4 aromatic rings. The SMILES string of the molecule is CCN(C(=O)c1ccc(C)c([N+](=O)[O-])c1)C(C)c1nc2ccccc2c(=O)n1-c1ccc(C)cc1. The average molecular weight is 471 g/mol. The Morgan fingerprint density at radius 2 is 1.77 bits per heavy atom. The first-order valence-electron chi connectivity index (χ1n) is 11.4. The number of aromatic nitrogens is 2. The molecule has 8 nitrogen and oxygen atoms in total. The van der Waals surface area contributed by atoms with Gasteiger partial charge in [-0.3, -0.25) is 24.3 Å². The molecule has 0 saturated heterocycles. The second-order valence-electron chi connectivity index (χ2n) is 8.49. The number of carbonyl (C=O) groups excluding carboxylic acids is 1. The summed E-state index contributed by atoms with van der Waals surface area (Å²) >= 11 is 0. The number of amides is 1. The lowest BCUT2D eigenvalue weighted by Gasteiger charge is -2.29. The van der Waals surface area contributed by atoms with E-state index < -0.39 is 11.0 Å². The van der Waals surface area contributed by atoms with E-state index in [0.717, 1.165) is 5.56 Å². The fraction of sp³-hybridized carbons (Fsp3) is 0.222. The first-order valence-corrected chi connectivity index (χ1v) is 11.4. The number of carbonyl (C=O) groups is 1. The van der Waals surface area contributed by atoms with Gasteiger partial charge < -0.3 is 4.90 Å². The van der Waals surface area contributed by atoms with Gasteiger partial charge >= 0.3 is 0 Å². The zero-order valence-electron chi connectivity index (χ0n) is 20.1. The van der Waals surface area contributed by atoms with Gasteiger partial charge in [-0.05, 0) is 58.0 Å². The summed E-state index contributed by atoms with van der Waals surface area (Å²) < 4.78 is 1.54. The molecule has 0 radical (unpaired) electrons. The Labute approximate surface area is 202 Å². The van der Waals surface area contributed by atoms with Crippen LogP contribution in [0.5, 0.6) is 0 Å². The van der Waals surface area contributed by atoms with Crippen LogP contribution >= 0.6 is 0 Å². The lowest BCUT2D eigenvalue weighted by atomic mass is 10.1. The van der Waals surface area contributed by atoms with Gasteiger partial charge in [0.1, 0.15) is 5.82 Å². The molecule has 0 aliphatic heterocycles. The second kappa shape index (κ2) is 9.50. The van der Waals surface area contributed by atoms with Crippen LogP contribution in [0.15, 0.2) is 71.5 Å². The monoisotopic (exact) mass is 470 g/mol. The van der Waals surface area contributed by atoms with Crippen LogP contribution in [0, 0.1) is 24.0 Å². The van der Waals surface area contributed by atoms with Crippen molar-refractivity contribution < 1.29 is 9.72 Å². The van der Waals surface area contributed by atoms with Gasteiger partial charge in [-0.25, -0.2) is 4.98 Å². The maximum absolute atomic E-state index is 13.6. The van der Waals surface area contributed by atoms with Crippen molar-refractivity contribution in [3.8, 4) is 5.69 Å². The van der Waals surface area contributed by atoms with E-state index in [1.54, 1.807) is 46.7 Å². The summed E-state index contributed by atoms with van der Waals surface area (Å²) in [5.74, 6) is 0.0373. The molecule has 0 fully saturated rings. The van der Waals surface area contributed by atoms with Crippen molar-refractivity contribution >= 4 is 22.5 Å². The van der Waals surface area contributed by atoms with E-state index in [4.69, 9.17) is 4.98 Å². The number of nitro benzene ring substituents is 1. The van der Waals surface area contributed by atoms with E-state index in [2.05, 4.69) is 0 Å². The molecular formula is C27H26N4O4. The van der Waals surface area contributed by atoms with Crippen LogP contribution in [0.1, 0.15) is 47.2 Å². The molecular weight excluding hydrogens is 444 g/mol. The summed E-state index contributed by atoms with van der Waals surface area (Å²) in [4.78, 5) is 44.4. The van der Waals surface area contributed by atoms with Gasteiger partial charge in [0.2, 0.25) is 0 Å². The highest BCUT2D eigenvalue weighted by molar-refractivity contribution is 5.95. The highest BCUT2D eigenvalue weighted by atomic mass is 16.6. The predicted molar refractivity (Wildman–Crippen MR) is 135 cm³/mol. The van der Waals surface area contributed by atoms with Crippen LogP contribution in [-0.2, 0) is 0 Å². The Morgan fingerprint density at radius 1 is 1.09 bits per heavy atom. The van der Waals surface area contributed by atoms with Crippen molar-refractivity contribution in [2.75, 3.05) is 6.54 Å². The minimum atomic E-state index is -0.591. The van der Waals surface area contributed by atoms with Crippen molar-refractivity contribution in [1.82, 2.24) is 14.5 Å². The van der Waals surface area contributed by atoms with E-state index in [0.29, 0.717) is 34.5 Å². The zero-order chi connectivity index (χ0) is 25.3. The van der Waals surface area contributed by atoms with E-state index in [9.17, 15) is 19.7 Å². The molecule has 35 heavy (non-hydrogen) atoms. The number of para-hydroxylation sites is 1. The number of rotatable bonds is 6. The molecule has 0 spiro atoms. The van der Waals surface area contributed by atoms with E-state index in [1.807, 2.05) is 51.1 Å². The van der Waals surface area contributed by atoms with Crippen molar-refractivity contribution in [3.63, 3.8) is 0 Å². The number of hydrogen-bond acceptors (Lipinski definition) is 5. The molecule has 3 aromatic carbocycles. The number of fused-ring (bicyclic) bond motifs is 1. The summed E-state index contributed by atoms with van der Waals surface area (Å²) in [6.07, 6.45) is 0. The Morgan fingerprint density at radius 3 is 2.43 bits per heavy atom. The van der Waals surface area contributed by atoms with Crippen LogP contribution in [-0.4, -0.2) is 31.8 Å². The van der Waals surface area contributed by atoms with Crippen LogP contribution < -0.4 is 5.56 Å². The fourth-order valence-electron chi connectivity index (χ4n) is 4.21. The Kier molecular flexibility index (Phi) is 6.46. The first kappa shape index (κ1) is 23.8. The molecule has 178 valence electrons. The lowest BCUT2D eigenvalue weighted by molar-refractivity contribution is -0.385. The number of nitrogens with zero attached hydrogens (tertiary/aromatic N) is 4. The second-order valence-corrected chi connectivity index (χ2v) is 8.49. The highest BCUT2D eigenvalue weighted by Gasteiger charge is 2.27. The summed E-state index contributed by atoms with van der Waals surface area (Å²) in [7, 11) is 0. The largest absolute Gasteiger partial charge is 0.329 e. The molecule has 1 unspecified atom stereocenters. The standard InChI is InChI=1S/C27H26N4O4/c1-5-29(26(32)20-13-12-18(3)24(16-20)31(34)35)19(4)25-28-23-9-7-6-8-22(23)27(33)30(25)21-14-10-17(2)11-15-21/h6-16,19H,5H2,1-4H3. The number of hydrogen-bond donors (Lipinski definition) is 0. The first-order chi connectivity index (χ1) is 16.7. The summed E-state index contributed by atoms with van der Waals surface area (Å²) in [5.41, 5.74) is 2.59. The topological polar surface area (TPSA) is 98.3 Å². The van der Waals surface area contributed by atoms with Crippen LogP contribution in [0.4, 0.5) is 5.69 Å². The Bertz CT molecular complexity index is 1490. The molecule has 1 amide bonds. The lowest BCUT2D eigenvalue weighted by Crippen LogP contribution is -2.37. The smallest absolute Gasteiger partial charge is 0.273 e. The van der Waals surface area contributed by atoms with Gasteiger partial charge in [0.05, 0.1) is 27.6 Å². The molecule has 1 atom stereocenters. The maximum atomic E-state index is 13.6. The molecule has 1 heterocycles. The minimum Gasteiger partial charge on any atom is -0.329 e. The molecule has 8 heteroatoms. The van der Waals surface area contributed by atoms with E-state index >= 15 is 0 Å². The molecule has 0 N–H and O–H groups in total. The summed E-state index contributed by atoms with van der Waals surface area (Å²) in [6, 6.07) is 18.5. The van der Waals surface area contributed by atoms with Crippen LogP contribution in [0.25, 0.3) is 16.6 Å². The van der Waals surface area contributed by atoms with Gasteiger partial charge in [0.25, 0.3) is 17.2 Å². The van der Waals surface area contributed by atoms with Gasteiger partial charge in [-0.15, -0.1) is 0 Å². The third-order valence-corrected chi connectivity index (χ3v) is 6.19. The zero-order valence-corrected chi connectivity index (χ0v) is 20.1. The normalized spacial score (nSPS) is 11.9. The fourth-order valence-corrected chi connectivity index (χ4v) is 4.21. The van der Waals surface area contributed by atoms with Crippen molar-refractivity contribution in [1.29, 1.82) is 0 Å². The van der Waals surface area contributed by atoms with Crippen molar-refractivity contribution in [2.24, 2.45) is 0 Å². The van der Waals surface area contributed by atoms with Crippen LogP contribution in [0.2, 0.25) is 0 Å². The molecule has 0 aliphatic rings. The number of nitro groups is 1. The molecule has 0 bridgehead atoms. The van der Waals surface area contributed by atoms with Gasteiger partial charge in [-0.1, -0.05) is 35.9 Å². The predicted octanol–water partition coefficient (Wildman–Crippen LogP) is 5.13. The Hall–Kier alpha value is -4.33. The van der Waals surface area contributed by atoms with Gasteiger partial charge in [-0.2, -0.15) is 0 Å². The molecule has 0 aliphatic carbocycles. The highest BCUT2D eigenvalue weighted by Crippen LogP contribution is 2.26. The average Bonchev–Trinajstić information content (AvgIpc) is 2.85. The third-order valence-electron chi connectivity index (χ3n) is 6.19. The molecule has 1 aromatic heterocycles. The third kappa shape index (κ3) is 4.42. The van der Waals surface area contributed by atoms with Crippen LogP contribution in [0.3, 0.4) is 0 Å². The van der Waals surface area contributed by atoms with E-state index in [-0.39, 0.29) is 22.7 Å². The molecule has 4 rings (SSSR count). The Balaban J connectivity index is 1.87. The maximum Gasteiger partial charge on any atom is 0.273 e. The van der Waals surface area contributed by atoms with E-state index in [1.165, 1.54) is 6.07 Å². The van der Waals surface area contributed by atoms with Crippen molar-refractivity contribution in [3.05, 3.63) is 110 Å². The van der Waals surface area contributed by atoms with Gasteiger partial charge in [0, 0.05) is 23.7 Å². The van der Waals surface area contributed by atoms with Crippen molar-refractivity contribution in [2.45, 2.75) is 33.7 Å². The quantitative estimate of drug-likeness (QED) is 0.287.